The Labute approximate surface area is 104 Å². The van der Waals surface area contributed by atoms with Gasteiger partial charge in [0.15, 0.2) is 0 Å². The Balaban J connectivity index is 2.22. The minimum absolute atomic E-state index is 0.161. The van der Waals surface area contributed by atoms with Gasteiger partial charge in [-0.25, -0.2) is 9.37 Å². The molecule has 0 radical (unpaired) electrons. The second kappa shape index (κ2) is 4.83. The molecule has 0 saturated heterocycles. The number of nitrogens with one attached hydrogen (secondary N) is 1. The van der Waals surface area contributed by atoms with Crippen LogP contribution < -0.4 is 11.1 Å². The molecule has 0 aliphatic rings. The van der Waals surface area contributed by atoms with E-state index >= 15 is 0 Å². The fraction of sp³-hybridized carbons (Fsp3) is 0.0769. The van der Waals surface area contributed by atoms with Crippen LogP contribution in [-0.2, 0) is 0 Å². The lowest BCUT2D eigenvalue weighted by Crippen LogP contribution is -2.14. The molecule has 0 bridgehead atoms. The highest BCUT2D eigenvalue weighted by Gasteiger charge is 2.10. The van der Waals surface area contributed by atoms with E-state index in [2.05, 4.69) is 10.3 Å². The van der Waals surface area contributed by atoms with Gasteiger partial charge in [-0.2, -0.15) is 0 Å². The van der Waals surface area contributed by atoms with E-state index in [0.29, 0.717) is 16.8 Å². The summed E-state index contributed by atoms with van der Waals surface area (Å²) in [6.45, 7) is 1.63. The van der Waals surface area contributed by atoms with Crippen LogP contribution in [0.25, 0.3) is 0 Å². The van der Waals surface area contributed by atoms with Crippen molar-refractivity contribution in [1.29, 1.82) is 0 Å². The number of rotatable bonds is 2. The van der Waals surface area contributed by atoms with Crippen molar-refractivity contribution in [2.24, 2.45) is 0 Å². The predicted molar refractivity (Wildman–Crippen MR) is 67.7 cm³/mol. The topological polar surface area (TPSA) is 68.0 Å². The van der Waals surface area contributed by atoms with Gasteiger partial charge in [0.25, 0.3) is 5.91 Å². The maximum absolute atomic E-state index is 13.1. The Hall–Kier alpha value is -2.43. The summed E-state index contributed by atoms with van der Waals surface area (Å²) in [6.07, 6.45) is 1.51. The predicted octanol–water partition coefficient (Wildman–Crippen LogP) is 2.36. The maximum Gasteiger partial charge on any atom is 0.259 e. The monoisotopic (exact) mass is 245 g/mol. The summed E-state index contributed by atoms with van der Waals surface area (Å²) in [6, 6.07) is 7.55. The zero-order chi connectivity index (χ0) is 13.1. The van der Waals surface area contributed by atoms with Crippen molar-refractivity contribution in [3.05, 3.63) is 53.5 Å². The van der Waals surface area contributed by atoms with E-state index in [4.69, 9.17) is 5.73 Å². The molecular weight excluding hydrogens is 233 g/mol. The van der Waals surface area contributed by atoms with Gasteiger partial charge in [0.2, 0.25) is 0 Å². The number of aryl methyl sites for hydroxylation is 1. The number of hydrogen-bond donors (Lipinski definition) is 2. The van der Waals surface area contributed by atoms with Crippen molar-refractivity contribution in [1.82, 2.24) is 4.98 Å². The summed E-state index contributed by atoms with van der Waals surface area (Å²) in [7, 11) is 0. The van der Waals surface area contributed by atoms with Crippen LogP contribution in [0.4, 0.5) is 15.9 Å². The van der Waals surface area contributed by atoms with Gasteiger partial charge in [-0.05, 0) is 42.8 Å². The van der Waals surface area contributed by atoms with Crippen LogP contribution in [-0.4, -0.2) is 10.9 Å². The maximum atomic E-state index is 13.1. The molecule has 0 fully saturated rings. The molecule has 3 N–H and O–H groups in total. The molecule has 4 nitrogen and oxygen atoms in total. The minimum Gasteiger partial charge on any atom is -0.383 e. The number of hydrogen-bond acceptors (Lipinski definition) is 3. The molecule has 0 saturated carbocycles. The summed E-state index contributed by atoms with van der Waals surface area (Å²) in [5.41, 5.74) is 6.87. The van der Waals surface area contributed by atoms with Crippen molar-refractivity contribution in [3.63, 3.8) is 0 Å². The molecule has 0 aliphatic heterocycles. The van der Waals surface area contributed by atoms with E-state index in [0.717, 1.165) is 0 Å². The molecule has 0 aliphatic carbocycles. The van der Waals surface area contributed by atoms with Crippen LogP contribution in [0.15, 0.2) is 36.5 Å². The number of halogens is 1. The van der Waals surface area contributed by atoms with Crippen LogP contribution in [0.3, 0.4) is 0 Å². The van der Waals surface area contributed by atoms with Gasteiger partial charge in [0.05, 0.1) is 5.56 Å². The summed E-state index contributed by atoms with van der Waals surface area (Å²) < 4.78 is 13.1. The van der Waals surface area contributed by atoms with Gasteiger partial charge < -0.3 is 11.1 Å². The molecule has 0 unspecified atom stereocenters. The van der Waals surface area contributed by atoms with Crippen LogP contribution in [0.1, 0.15) is 15.9 Å². The molecule has 92 valence electrons. The lowest BCUT2D eigenvalue weighted by molar-refractivity contribution is 0.102. The van der Waals surface area contributed by atoms with Crippen LogP contribution >= 0.6 is 0 Å². The summed E-state index contributed by atoms with van der Waals surface area (Å²) in [5.74, 6) is -0.519. The van der Waals surface area contributed by atoms with E-state index in [1.165, 1.54) is 18.3 Å². The van der Waals surface area contributed by atoms with Gasteiger partial charge in [-0.15, -0.1) is 0 Å². The van der Waals surface area contributed by atoms with Crippen LogP contribution in [0.2, 0.25) is 0 Å². The Bertz CT molecular complexity index is 599. The third kappa shape index (κ3) is 2.45. The fourth-order valence-corrected chi connectivity index (χ4v) is 1.53. The van der Waals surface area contributed by atoms with Crippen molar-refractivity contribution in [2.75, 3.05) is 11.1 Å². The average molecular weight is 245 g/mol. The molecule has 1 aromatic heterocycles. The smallest absolute Gasteiger partial charge is 0.259 e. The number of carbonyl (C=O) groups excluding carboxylic acids is 1. The zero-order valence-corrected chi connectivity index (χ0v) is 9.77. The van der Waals surface area contributed by atoms with Crippen LogP contribution in [0.5, 0.6) is 0 Å². The largest absolute Gasteiger partial charge is 0.383 e. The number of nitrogens with two attached hydrogens (primary N) is 1. The first-order valence-corrected chi connectivity index (χ1v) is 5.36. The second-order valence-electron chi connectivity index (χ2n) is 3.85. The minimum atomic E-state index is -0.369. The number of carbonyl (C=O) groups is 1. The van der Waals surface area contributed by atoms with Gasteiger partial charge in [0, 0.05) is 11.9 Å². The molecule has 1 aromatic carbocycles. The lowest BCUT2D eigenvalue weighted by atomic mass is 10.2. The highest BCUT2D eigenvalue weighted by Crippen LogP contribution is 2.16. The third-order valence-corrected chi connectivity index (χ3v) is 2.50. The number of nitrogen functional groups attached to an aromatic ring is 1. The molecule has 1 amide bonds. The molecule has 18 heavy (non-hydrogen) atoms. The Morgan fingerprint density at radius 3 is 2.83 bits per heavy atom. The summed E-state index contributed by atoms with van der Waals surface area (Å²) in [5, 5.41) is 2.64. The fourth-order valence-electron chi connectivity index (χ4n) is 1.53. The van der Waals surface area contributed by atoms with Crippen molar-refractivity contribution >= 4 is 17.4 Å². The van der Waals surface area contributed by atoms with Gasteiger partial charge in [-0.3, -0.25) is 4.79 Å². The molecule has 5 heteroatoms. The van der Waals surface area contributed by atoms with Gasteiger partial charge in [-0.1, -0.05) is 0 Å². The average Bonchev–Trinajstić information content (AvgIpc) is 2.34. The van der Waals surface area contributed by atoms with Gasteiger partial charge in [0.1, 0.15) is 11.6 Å². The number of nitrogens with zero attached hydrogens (tertiary/aromatic N) is 1. The molecule has 0 atom stereocenters. The number of anilines is 2. The van der Waals surface area contributed by atoms with E-state index in [1.807, 2.05) is 0 Å². The van der Waals surface area contributed by atoms with Crippen molar-refractivity contribution in [3.8, 4) is 0 Å². The van der Waals surface area contributed by atoms with E-state index in [1.54, 1.807) is 25.1 Å². The number of pyridine rings is 1. The van der Waals surface area contributed by atoms with Crippen molar-refractivity contribution < 1.29 is 9.18 Å². The van der Waals surface area contributed by atoms with Gasteiger partial charge >= 0.3 is 0 Å². The summed E-state index contributed by atoms with van der Waals surface area (Å²) in [4.78, 5) is 15.7. The number of benzene rings is 1. The zero-order valence-electron chi connectivity index (χ0n) is 9.77. The first-order chi connectivity index (χ1) is 8.58. The Morgan fingerprint density at radius 2 is 2.17 bits per heavy atom. The molecule has 2 aromatic rings. The highest BCUT2D eigenvalue weighted by molar-refractivity contribution is 6.07. The molecule has 2 rings (SSSR count). The highest BCUT2D eigenvalue weighted by atomic mass is 19.1. The van der Waals surface area contributed by atoms with E-state index < -0.39 is 0 Å². The summed E-state index contributed by atoms with van der Waals surface area (Å²) >= 11 is 0. The number of amides is 1. The van der Waals surface area contributed by atoms with E-state index in [9.17, 15) is 9.18 Å². The standard InChI is InChI=1S/C13H12FN3O/c1-8-7-9(4-5-11(8)14)17-13(18)10-3-2-6-16-12(10)15/h2-7H,1H3,(H2,15,16)(H,17,18). The SMILES string of the molecule is Cc1cc(NC(=O)c2cccnc2N)ccc1F. The quantitative estimate of drug-likeness (QED) is 0.853. The third-order valence-electron chi connectivity index (χ3n) is 2.50. The molecule has 0 spiro atoms. The number of aromatic nitrogens is 1. The second-order valence-corrected chi connectivity index (χ2v) is 3.85. The molecular formula is C13H12FN3O. The first-order valence-electron chi connectivity index (χ1n) is 5.36. The van der Waals surface area contributed by atoms with Crippen molar-refractivity contribution in [2.45, 2.75) is 6.92 Å². The first kappa shape index (κ1) is 12.0. The lowest BCUT2D eigenvalue weighted by Gasteiger charge is -2.07. The normalized spacial score (nSPS) is 10.1. The molecule has 1 heterocycles. The Morgan fingerprint density at radius 1 is 1.39 bits per heavy atom. The van der Waals surface area contributed by atoms with E-state index in [-0.39, 0.29) is 17.5 Å². The Kier molecular flexibility index (Phi) is 3.23. The van der Waals surface area contributed by atoms with Crippen LogP contribution in [0, 0.1) is 12.7 Å².